The van der Waals surface area contributed by atoms with Crippen LogP contribution in [0.15, 0.2) is 33.2 Å². The lowest BCUT2D eigenvalue weighted by molar-refractivity contribution is 0.0636. The van der Waals surface area contributed by atoms with E-state index in [4.69, 9.17) is 4.74 Å². The summed E-state index contributed by atoms with van der Waals surface area (Å²) in [6.45, 7) is 9.98. The zero-order valence-electron chi connectivity index (χ0n) is 19.7. The van der Waals surface area contributed by atoms with Gasteiger partial charge in [0.1, 0.15) is 11.6 Å². The zero-order chi connectivity index (χ0) is 24.4. The van der Waals surface area contributed by atoms with E-state index in [2.05, 4.69) is 10.2 Å². The Morgan fingerprint density at radius 3 is 2.27 bits per heavy atom. The molecule has 0 fully saturated rings. The monoisotopic (exact) mass is 449 g/mol. The van der Waals surface area contributed by atoms with Gasteiger partial charge in [0.25, 0.3) is 17.4 Å². The van der Waals surface area contributed by atoms with E-state index in [-0.39, 0.29) is 51.7 Å². The minimum atomic E-state index is -0.454. The Balaban J connectivity index is 2.16. The van der Waals surface area contributed by atoms with Crippen LogP contribution in [0, 0.1) is 30.1 Å². The molecule has 2 aromatic rings. The Labute approximate surface area is 192 Å². The highest BCUT2D eigenvalue weighted by atomic mass is 16.5. The molecular formula is C24H27N5O4. The van der Waals surface area contributed by atoms with Crippen LogP contribution in [0.4, 0.5) is 11.4 Å². The molecule has 1 aliphatic heterocycles. The van der Waals surface area contributed by atoms with E-state index in [0.29, 0.717) is 18.7 Å². The first kappa shape index (κ1) is 23.9. The molecular weight excluding hydrogens is 422 g/mol. The molecule has 0 saturated heterocycles. The molecule has 0 saturated carbocycles. The zero-order valence-corrected chi connectivity index (χ0v) is 19.7. The van der Waals surface area contributed by atoms with Crippen LogP contribution in [0.3, 0.4) is 0 Å². The summed E-state index contributed by atoms with van der Waals surface area (Å²) in [4.78, 5) is 39.7. The van der Waals surface area contributed by atoms with Crippen molar-refractivity contribution in [2.75, 3.05) is 13.7 Å². The quantitative estimate of drug-likeness (QED) is 0.460. The van der Waals surface area contributed by atoms with Gasteiger partial charge in [-0.25, -0.2) is 0 Å². The number of rotatable bonds is 7. The molecule has 0 N–H and O–H groups in total. The molecule has 0 bridgehead atoms. The third-order valence-corrected chi connectivity index (χ3v) is 5.27. The fourth-order valence-electron chi connectivity index (χ4n) is 3.82. The number of pyridine rings is 1. The van der Waals surface area contributed by atoms with Gasteiger partial charge < -0.3 is 4.74 Å². The summed E-state index contributed by atoms with van der Waals surface area (Å²) in [5.74, 6) is -0.347. The lowest BCUT2D eigenvalue weighted by Gasteiger charge is -2.17. The normalized spacial score (nSPS) is 13.4. The number of nitrogens with zero attached hydrogens (tertiary/aromatic N) is 5. The summed E-state index contributed by atoms with van der Waals surface area (Å²) in [6.07, 6.45) is 0. The van der Waals surface area contributed by atoms with Gasteiger partial charge in [-0.2, -0.15) is 5.26 Å². The van der Waals surface area contributed by atoms with Gasteiger partial charge in [0.15, 0.2) is 5.69 Å². The number of benzene rings is 1. The first-order valence-corrected chi connectivity index (χ1v) is 10.7. The summed E-state index contributed by atoms with van der Waals surface area (Å²) < 4.78 is 6.86. The Hall–Kier alpha value is -3.80. The molecule has 33 heavy (non-hydrogen) atoms. The first-order chi connectivity index (χ1) is 15.6. The highest BCUT2D eigenvalue weighted by molar-refractivity contribution is 6.23. The number of imide groups is 1. The molecule has 0 unspecified atom stereocenters. The molecule has 172 valence electrons. The summed E-state index contributed by atoms with van der Waals surface area (Å²) in [6, 6.07) is 6.79. The standard InChI is InChI=1S/C24H27N5O4/c1-13(2)11-28-21(30)16-8-7-9-18(19(16)23(28)32)26-27-20-15(5)17(10-25)22(31)29(12-14(3)4)24(20)33-6/h7-9,13-14H,11-12H2,1-6H3. The van der Waals surface area contributed by atoms with E-state index >= 15 is 0 Å². The van der Waals surface area contributed by atoms with Crippen molar-refractivity contribution in [2.45, 2.75) is 41.2 Å². The van der Waals surface area contributed by atoms with Crippen molar-refractivity contribution in [1.29, 1.82) is 5.26 Å². The molecule has 1 aromatic heterocycles. The number of methoxy groups -OCH3 is 1. The van der Waals surface area contributed by atoms with Crippen molar-refractivity contribution in [3.05, 3.63) is 50.8 Å². The fourth-order valence-corrected chi connectivity index (χ4v) is 3.82. The molecule has 0 aliphatic carbocycles. The highest BCUT2D eigenvalue weighted by Gasteiger charge is 2.37. The SMILES string of the molecule is COc1c(N=Nc2cccc3c2C(=O)N(CC(C)C)C3=O)c(C)c(C#N)c(=O)n1CC(C)C. The molecule has 1 aliphatic rings. The van der Waals surface area contributed by atoms with Crippen LogP contribution in [0.25, 0.3) is 0 Å². The van der Waals surface area contributed by atoms with E-state index in [1.807, 2.05) is 33.8 Å². The van der Waals surface area contributed by atoms with Crippen molar-refractivity contribution < 1.29 is 14.3 Å². The minimum absolute atomic E-state index is 0.0435. The van der Waals surface area contributed by atoms with Gasteiger partial charge in [0.05, 0.1) is 23.9 Å². The maximum absolute atomic E-state index is 13.0. The van der Waals surface area contributed by atoms with E-state index in [0.717, 1.165) is 0 Å². The van der Waals surface area contributed by atoms with Crippen molar-refractivity contribution in [2.24, 2.45) is 22.1 Å². The largest absolute Gasteiger partial charge is 0.481 e. The van der Waals surface area contributed by atoms with Crippen LogP contribution < -0.4 is 10.3 Å². The molecule has 0 radical (unpaired) electrons. The predicted octanol–water partition coefficient (Wildman–Crippen LogP) is 4.36. The molecule has 2 heterocycles. The molecule has 9 nitrogen and oxygen atoms in total. The maximum atomic E-state index is 13.0. The third-order valence-electron chi connectivity index (χ3n) is 5.27. The van der Waals surface area contributed by atoms with E-state index in [1.165, 1.54) is 16.6 Å². The lowest BCUT2D eigenvalue weighted by Crippen LogP contribution is -2.33. The number of amides is 2. The first-order valence-electron chi connectivity index (χ1n) is 10.7. The highest BCUT2D eigenvalue weighted by Crippen LogP contribution is 2.36. The van der Waals surface area contributed by atoms with Crippen LogP contribution in [-0.2, 0) is 6.54 Å². The molecule has 9 heteroatoms. The Kier molecular flexibility index (Phi) is 6.77. The van der Waals surface area contributed by atoms with Crippen molar-refractivity contribution >= 4 is 23.2 Å². The van der Waals surface area contributed by atoms with Crippen LogP contribution in [0.1, 0.15) is 59.5 Å². The van der Waals surface area contributed by atoms with Gasteiger partial charge in [-0.1, -0.05) is 33.8 Å². The van der Waals surface area contributed by atoms with Crippen LogP contribution in [0.5, 0.6) is 5.88 Å². The van der Waals surface area contributed by atoms with Gasteiger partial charge in [-0.15, -0.1) is 10.2 Å². The van der Waals surface area contributed by atoms with Crippen LogP contribution in [0.2, 0.25) is 0 Å². The Morgan fingerprint density at radius 2 is 1.70 bits per heavy atom. The number of fused-ring (bicyclic) bond motifs is 1. The van der Waals surface area contributed by atoms with Crippen molar-refractivity contribution in [1.82, 2.24) is 9.47 Å². The van der Waals surface area contributed by atoms with E-state index in [1.54, 1.807) is 25.1 Å². The van der Waals surface area contributed by atoms with Gasteiger partial charge in [0.2, 0.25) is 5.88 Å². The fraction of sp³-hybridized carbons (Fsp3) is 0.417. The molecule has 3 rings (SSSR count). The van der Waals surface area contributed by atoms with Crippen LogP contribution >= 0.6 is 0 Å². The number of carbonyl (C=O) groups excluding carboxylic acids is 2. The second-order valence-corrected chi connectivity index (χ2v) is 8.79. The number of azo groups is 1. The molecule has 0 spiro atoms. The third kappa shape index (κ3) is 4.29. The Morgan fingerprint density at radius 1 is 1.03 bits per heavy atom. The smallest absolute Gasteiger partial charge is 0.271 e. The minimum Gasteiger partial charge on any atom is -0.481 e. The summed E-state index contributed by atoms with van der Waals surface area (Å²) in [5, 5.41) is 18.1. The Bertz CT molecular complexity index is 1250. The average molecular weight is 450 g/mol. The molecule has 1 aromatic carbocycles. The lowest BCUT2D eigenvalue weighted by atomic mass is 10.1. The van der Waals surface area contributed by atoms with Crippen LogP contribution in [-0.4, -0.2) is 34.9 Å². The molecule has 2 amide bonds. The number of aromatic nitrogens is 1. The molecule has 0 atom stereocenters. The summed E-state index contributed by atoms with van der Waals surface area (Å²) in [7, 11) is 1.42. The van der Waals surface area contributed by atoms with Gasteiger partial charge in [0, 0.05) is 18.7 Å². The predicted molar refractivity (Wildman–Crippen MR) is 122 cm³/mol. The topological polar surface area (TPSA) is 117 Å². The van der Waals surface area contributed by atoms with Crippen molar-refractivity contribution in [3.8, 4) is 11.9 Å². The summed E-state index contributed by atoms with van der Waals surface area (Å²) in [5.41, 5.74) is 0.770. The van der Waals surface area contributed by atoms with E-state index < -0.39 is 11.5 Å². The van der Waals surface area contributed by atoms with Crippen molar-refractivity contribution in [3.63, 3.8) is 0 Å². The number of hydrogen-bond acceptors (Lipinski definition) is 7. The van der Waals surface area contributed by atoms with Gasteiger partial charge in [-0.05, 0) is 30.9 Å². The van der Waals surface area contributed by atoms with E-state index in [9.17, 15) is 19.6 Å². The second-order valence-electron chi connectivity index (χ2n) is 8.79. The second kappa shape index (κ2) is 9.36. The number of hydrogen-bond donors (Lipinski definition) is 0. The average Bonchev–Trinajstić information content (AvgIpc) is 2.99. The number of nitriles is 1. The number of ether oxygens (including phenoxy) is 1. The summed E-state index contributed by atoms with van der Waals surface area (Å²) >= 11 is 0. The van der Waals surface area contributed by atoms with Gasteiger partial charge in [-0.3, -0.25) is 23.9 Å². The van der Waals surface area contributed by atoms with Gasteiger partial charge >= 0.3 is 0 Å². The maximum Gasteiger partial charge on any atom is 0.271 e. The number of carbonyl (C=O) groups is 2.